The lowest BCUT2D eigenvalue weighted by atomic mass is 9.73. The topological polar surface area (TPSA) is 113 Å². The van der Waals surface area contributed by atoms with E-state index in [4.69, 9.17) is 36.0 Å². The molecule has 9 rings (SSSR count). The van der Waals surface area contributed by atoms with Gasteiger partial charge in [-0.2, -0.15) is 0 Å². The quantitative estimate of drug-likeness (QED) is 0.258. The maximum Gasteiger partial charge on any atom is 0.237 e. The molecule has 0 unspecified atom stereocenters. The molecule has 4 fully saturated rings. The summed E-state index contributed by atoms with van der Waals surface area (Å²) in [6.45, 7) is 7.24. The number of pyridine rings is 1. The standard InChI is InChI=1S/C40H41ClFN7O4/c1-23(50)48-19-39(20-48)17-47(18-39)16-31-37(52-2)45-30(15-43-31)27-8-4-6-25(35(27)41)26-7-5-9-28(36(26)42)29-14-24-10-11-32(34(24)38(44-29)53-3)49-21-40(22-49)13-12-33(51)46-40/h4-9,14-15,32H,10-13,16-22H2,1-3H3,(H,46,51)/t32-/m0/s1. The summed E-state index contributed by atoms with van der Waals surface area (Å²) in [5, 5.41) is 3.52. The molecule has 4 saturated heterocycles. The summed E-state index contributed by atoms with van der Waals surface area (Å²) in [6, 6.07) is 12.9. The van der Waals surface area contributed by atoms with Crippen LogP contribution in [0.1, 0.15) is 49.0 Å². The Labute approximate surface area is 312 Å². The number of aryl methyl sites for hydroxylation is 1. The van der Waals surface area contributed by atoms with Crippen molar-refractivity contribution in [2.75, 3.05) is 53.5 Å². The van der Waals surface area contributed by atoms with Crippen LogP contribution < -0.4 is 14.8 Å². The van der Waals surface area contributed by atoms with E-state index in [1.165, 1.54) is 0 Å². The zero-order valence-corrected chi connectivity index (χ0v) is 30.8. The number of hydrogen-bond donors (Lipinski definition) is 1. The molecule has 6 heterocycles. The number of aromatic nitrogens is 3. The molecule has 53 heavy (non-hydrogen) atoms. The van der Waals surface area contributed by atoms with Crippen molar-refractivity contribution in [1.82, 2.24) is 35.0 Å². The number of nitrogens with zero attached hydrogens (tertiary/aromatic N) is 6. The first kappa shape index (κ1) is 34.1. The lowest BCUT2D eigenvalue weighted by Gasteiger charge is -2.60. The van der Waals surface area contributed by atoms with E-state index in [0.29, 0.717) is 63.4 Å². The van der Waals surface area contributed by atoms with Gasteiger partial charge >= 0.3 is 0 Å². The minimum absolute atomic E-state index is 0.111. The molecule has 2 spiro atoms. The van der Waals surface area contributed by atoms with Crippen LogP contribution in [0, 0.1) is 11.2 Å². The van der Waals surface area contributed by atoms with Crippen molar-refractivity contribution < 1.29 is 23.5 Å². The summed E-state index contributed by atoms with van der Waals surface area (Å²) in [6.07, 6.45) is 4.89. The van der Waals surface area contributed by atoms with E-state index in [0.717, 1.165) is 75.4 Å². The third kappa shape index (κ3) is 5.73. The molecule has 2 aromatic heterocycles. The summed E-state index contributed by atoms with van der Waals surface area (Å²) in [5.74, 6) is 0.746. The molecule has 0 radical (unpaired) electrons. The zero-order valence-electron chi connectivity index (χ0n) is 30.0. The van der Waals surface area contributed by atoms with E-state index in [2.05, 4.69) is 15.1 Å². The SMILES string of the molecule is COc1nc(-c2cccc(-c3cccc(-c4cc5c(c(OC)n4)[C@@H](N4CC6(CCC(=O)N6)C4)CC5)c3F)c2Cl)cnc1CN1CC2(C1)CN(C(C)=O)C2. The van der Waals surface area contributed by atoms with Crippen LogP contribution >= 0.6 is 11.6 Å². The van der Waals surface area contributed by atoms with Crippen LogP contribution in [-0.4, -0.2) is 100 Å². The Bertz CT molecular complexity index is 2160. The van der Waals surface area contributed by atoms with Crippen LogP contribution in [0.15, 0.2) is 48.7 Å². The molecular formula is C40H41ClFN7O4. The minimum atomic E-state index is -0.429. The maximum atomic E-state index is 16.6. The first-order valence-electron chi connectivity index (χ1n) is 18.2. The van der Waals surface area contributed by atoms with Crippen LogP contribution in [0.25, 0.3) is 33.6 Å². The van der Waals surface area contributed by atoms with Crippen LogP contribution in [0.3, 0.4) is 0 Å². The van der Waals surface area contributed by atoms with Gasteiger partial charge in [0.2, 0.25) is 23.6 Å². The van der Waals surface area contributed by atoms with E-state index < -0.39 is 5.82 Å². The Morgan fingerprint density at radius 3 is 2.34 bits per heavy atom. The van der Waals surface area contributed by atoms with Crippen LogP contribution in [-0.2, 0) is 22.6 Å². The highest BCUT2D eigenvalue weighted by molar-refractivity contribution is 6.36. The average molecular weight is 738 g/mol. The Morgan fingerprint density at radius 1 is 0.943 bits per heavy atom. The largest absolute Gasteiger partial charge is 0.481 e. The van der Waals surface area contributed by atoms with Crippen molar-refractivity contribution >= 4 is 23.4 Å². The number of amides is 2. The summed E-state index contributed by atoms with van der Waals surface area (Å²) < 4.78 is 28.1. The number of halogens is 2. The smallest absolute Gasteiger partial charge is 0.237 e. The Balaban J connectivity index is 0.956. The van der Waals surface area contributed by atoms with Gasteiger partial charge in [-0.05, 0) is 37.0 Å². The summed E-state index contributed by atoms with van der Waals surface area (Å²) in [7, 11) is 3.18. The molecule has 0 saturated carbocycles. The fourth-order valence-corrected chi connectivity index (χ4v) is 9.61. The van der Waals surface area contributed by atoms with Gasteiger partial charge in [-0.25, -0.2) is 14.4 Å². The number of ether oxygens (including phenoxy) is 2. The van der Waals surface area contributed by atoms with Gasteiger partial charge in [0.25, 0.3) is 0 Å². The normalized spacial score (nSPS) is 21.2. The van der Waals surface area contributed by atoms with Gasteiger partial charge in [0.15, 0.2) is 0 Å². The molecule has 1 N–H and O–H groups in total. The number of carbonyl (C=O) groups excluding carboxylic acids is 2. The fourth-order valence-electron chi connectivity index (χ4n) is 9.29. The Morgan fingerprint density at radius 2 is 1.64 bits per heavy atom. The predicted octanol–water partition coefficient (Wildman–Crippen LogP) is 5.30. The summed E-state index contributed by atoms with van der Waals surface area (Å²) >= 11 is 7.05. The van der Waals surface area contributed by atoms with Crippen LogP contribution in [0.4, 0.5) is 4.39 Å². The van der Waals surface area contributed by atoms with Gasteiger partial charge < -0.3 is 19.7 Å². The van der Waals surface area contributed by atoms with E-state index in [1.807, 2.05) is 29.2 Å². The van der Waals surface area contributed by atoms with Gasteiger partial charge in [0, 0.05) is 98.4 Å². The average Bonchev–Trinajstić information content (AvgIpc) is 3.71. The van der Waals surface area contributed by atoms with Crippen LogP contribution in [0.5, 0.6) is 11.8 Å². The fraction of sp³-hybridized carbons (Fsp3) is 0.425. The van der Waals surface area contributed by atoms with Crippen LogP contribution in [0.2, 0.25) is 5.02 Å². The van der Waals surface area contributed by atoms with Crippen molar-refractivity contribution in [3.05, 3.63) is 76.3 Å². The van der Waals surface area contributed by atoms with Crippen molar-refractivity contribution in [2.24, 2.45) is 5.41 Å². The lowest BCUT2D eigenvalue weighted by molar-refractivity contribution is -0.157. The van der Waals surface area contributed by atoms with Crippen molar-refractivity contribution in [1.29, 1.82) is 0 Å². The van der Waals surface area contributed by atoms with E-state index in [-0.39, 0.29) is 28.8 Å². The summed E-state index contributed by atoms with van der Waals surface area (Å²) in [5.41, 5.74) is 5.83. The predicted molar refractivity (Wildman–Crippen MR) is 197 cm³/mol. The van der Waals surface area contributed by atoms with Crippen molar-refractivity contribution in [3.8, 4) is 45.4 Å². The molecule has 11 nitrogen and oxygen atoms in total. The molecule has 1 atom stereocenters. The number of fused-ring (bicyclic) bond motifs is 1. The first-order valence-corrected chi connectivity index (χ1v) is 18.5. The molecule has 5 aliphatic rings. The Kier molecular flexibility index (Phi) is 8.21. The molecule has 4 aromatic rings. The number of rotatable bonds is 8. The number of carbonyl (C=O) groups is 2. The highest BCUT2D eigenvalue weighted by Crippen LogP contribution is 2.47. The molecule has 1 aliphatic carbocycles. The number of likely N-dealkylation sites (tertiary alicyclic amines) is 3. The second-order valence-electron chi connectivity index (χ2n) is 15.4. The van der Waals surface area contributed by atoms with E-state index >= 15 is 4.39 Å². The molecule has 2 aromatic carbocycles. The second-order valence-corrected chi connectivity index (χ2v) is 15.8. The minimum Gasteiger partial charge on any atom is -0.481 e. The zero-order chi connectivity index (χ0) is 36.6. The second kappa shape index (κ2) is 12.7. The third-order valence-corrected chi connectivity index (χ3v) is 12.3. The first-order chi connectivity index (χ1) is 25.6. The van der Waals surface area contributed by atoms with Gasteiger partial charge in [0.05, 0.1) is 42.4 Å². The molecule has 2 amide bonds. The maximum absolute atomic E-state index is 16.6. The summed E-state index contributed by atoms with van der Waals surface area (Å²) in [4.78, 5) is 44.4. The van der Waals surface area contributed by atoms with Gasteiger partial charge in [-0.3, -0.25) is 24.4 Å². The number of methoxy groups -OCH3 is 2. The van der Waals surface area contributed by atoms with Gasteiger partial charge in [-0.1, -0.05) is 41.9 Å². The molecule has 274 valence electrons. The van der Waals surface area contributed by atoms with Gasteiger partial charge in [-0.15, -0.1) is 0 Å². The van der Waals surface area contributed by atoms with E-state index in [9.17, 15) is 9.59 Å². The molecule has 0 bridgehead atoms. The Hall–Kier alpha value is -4.65. The monoisotopic (exact) mass is 737 g/mol. The van der Waals surface area contributed by atoms with Crippen molar-refractivity contribution in [2.45, 2.75) is 50.7 Å². The van der Waals surface area contributed by atoms with E-state index in [1.54, 1.807) is 45.5 Å². The molecular weight excluding hydrogens is 697 g/mol. The lowest BCUT2D eigenvalue weighted by Crippen LogP contribution is -2.72. The third-order valence-electron chi connectivity index (χ3n) is 11.8. The highest BCUT2D eigenvalue weighted by atomic mass is 35.5. The molecule has 13 heteroatoms. The van der Waals surface area contributed by atoms with Gasteiger partial charge in [0.1, 0.15) is 11.5 Å². The highest BCUT2D eigenvalue weighted by Gasteiger charge is 2.53. The number of benzene rings is 2. The number of hydrogen-bond acceptors (Lipinski definition) is 9. The molecule has 4 aliphatic heterocycles. The number of nitrogens with one attached hydrogen (secondary N) is 1. The van der Waals surface area contributed by atoms with Crippen molar-refractivity contribution in [3.63, 3.8) is 0 Å².